The zero-order chi connectivity index (χ0) is 17.6. The Morgan fingerprint density at radius 1 is 1.20 bits per heavy atom. The van der Waals surface area contributed by atoms with Crippen molar-refractivity contribution in [1.29, 1.82) is 0 Å². The summed E-state index contributed by atoms with van der Waals surface area (Å²) in [5, 5.41) is 8.40. The van der Waals surface area contributed by atoms with Crippen LogP contribution >= 0.6 is 22.7 Å². The van der Waals surface area contributed by atoms with Crippen LogP contribution in [0, 0.1) is 6.92 Å². The van der Waals surface area contributed by atoms with Gasteiger partial charge in [0.05, 0.1) is 17.2 Å². The molecule has 0 unspecified atom stereocenters. The fraction of sp³-hybridized carbons (Fsp3) is 0.176. The number of anilines is 1. The van der Waals surface area contributed by atoms with Crippen molar-refractivity contribution in [3.63, 3.8) is 0 Å². The number of hydrogen-bond donors (Lipinski definition) is 2. The molecule has 0 saturated heterocycles. The van der Waals surface area contributed by atoms with Crippen molar-refractivity contribution in [2.75, 3.05) is 11.9 Å². The molecule has 8 heteroatoms. The maximum atomic E-state index is 12.3. The summed E-state index contributed by atoms with van der Waals surface area (Å²) in [6.45, 7) is 1.69. The number of aromatic nitrogens is 2. The molecule has 0 aliphatic carbocycles. The lowest BCUT2D eigenvalue weighted by Crippen LogP contribution is -2.32. The molecule has 25 heavy (non-hydrogen) atoms. The van der Waals surface area contributed by atoms with E-state index in [4.69, 9.17) is 0 Å². The summed E-state index contributed by atoms with van der Waals surface area (Å²) in [4.78, 5) is 33.1. The Hall–Kier alpha value is -2.58. The van der Waals surface area contributed by atoms with Crippen LogP contribution < -0.4 is 10.6 Å². The molecule has 0 aliphatic rings. The van der Waals surface area contributed by atoms with Crippen LogP contribution in [-0.2, 0) is 11.2 Å². The third-order valence-corrected chi connectivity index (χ3v) is 5.18. The van der Waals surface area contributed by atoms with Crippen molar-refractivity contribution < 1.29 is 9.59 Å². The molecule has 6 nitrogen and oxygen atoms in total. The van der Waals surface area contributed by atoms with Crippen LogP contribution in [0.1, 0.15) is 25.9 Å². The number of amides is 2. The summed E-state index contributed by atoms with van der Waals surface area (Å²) in [7, 11) is 0. The van der Waals surface area contributed by atoms with Gasteiger partial charge in [0.2, 0.25) is 5.91 Å². The van der Waals surface area contributed by atoms with Crippen molar-refractivity contribution in [3.05, 3.63) is 63.1 Å². The van der Waals surface area contributed by atoms with Gasteiger partial charge in [-0.25, -0.2) is 9.97 Å². The molecule has 0 radical (unpaired) electrons. The lowest BCUT2D eigenvalue weighted by molar-refractivity contribution is -0.115. The highest BCUT2D eigenvalue weighted by Gasteiger charge is 2.16. The summed E-state index contributed by atoms with van der Waals surface area (Å²) in [6, 6.07) is 9.97. The number of carbonyl (C=O) groups is 2. The first kappa shape index (κ1) is 17.2. The molecule has 0 spiro atoms. The van der Waals surface area contributed by atoms with Crippen LogP contribution in [-0.4, -0.2) is 28.3 Å². The number of thiazole rings is 2. The highest BCUT2D eigenvalue weighted by atomic mass is 32.1. The number of benzene rings is 1. The number of hydrogen-bond acceptors (Lipinski definition) is 6. The van der Waals surface area contributed by atoms with E-state index in [0.29, 0.717) is 22.1 Å². The van der Waals surface area contributed by atoms with Crippen LogP contribution in [0.15, 0.2) is 41.9 Å². The monoisotopic (exact) mass is 372 g/mol. The van der Waals surface area contributed by atoms with Gasteiger partial charge in [0, 0.05) is 18.0 Å². The number of nitrogens with zero attached hydrogens (tertiary/aromatic N) is 2. The zero-order valence-electron chi connectivity index (χ0n) is 13.5. The highest BCUT2D eigenvalue weighted by Crippen LogP contribution is 2.20. The first-order valence-electron chi connectivity index (χ1n) is 7.59. The maximum absolute atomic E-state index is 12.3. The molecule has 128 valence electrons. The topological polar surface area (TPSA) is 84.0 Å². The Kier molecular flexibility index (Phi) is 5.52. The van der Waals surface area contributed by atoms with Gasteiger partial charge in [-0.15, -0.1) is 22.7 Å². The summed E-state index contributed by atoms with van der Waals surface area (Å²) in [6.07, 6.45) is 2.29. The van der Waals surface area contributed by atoms with Gasteiger partial charge in [-0.3, -0.25) is 9.59 Å². The Balaban J connectivity index is 1.57. The van der Waals surface area contributed by atoms with Crippen molar-refractivity contribution in [2.24, 2.45) is 0 Å². The van der Waals surface area contributed by atoms with Crippen LogP contribution in [0.5, 0.6) is 0 Å². The van der Waals surface area contributed by atoms with Gasteiger partial charge >= 0.3 is 0 Å². The van der Waals surface area contributed by atoms with E-state index in [9.17, 15) is 9.59 Å². The standard InChI is InChI=1S/C17H16N4O2S2/c1-11-15(25-14(20-11)9-12-5-3-2-4-6-12)16(23)19-10-13(22)21-17-18-7-8-24-17/h2-8H,9-10H2,1H3,(H,19,23)(H,18,21,22). The number of rotatable bonds is 6. The lowest BCUT2D eigenvalue weighted by atomic mass is 10.2. The third-order valence-electron chi connectivity index (χ3n) is 3.33. The van der Waals surface area contributed by atoms with E-state index in [1.807, 2.05) is 30.3 Å². The summed E-state index contributed by atoms with van der Waals surface area (Å²) >= 11 is 2.68. The van der Waals surface area contributed by atoms with E-state index in [1.165, 1.54) is 22.7 Å². The molecule has 0 aliphatic heterocycles. The number of nitrogens with one attached hydrogen (secondary N) is 2. The van der Waals surface area contributed by atoms with E-state index in [1.54, 1.807) is 18.5 Å². The average Bonchev–Trinajstić information content (AvgIpc) is 3.23. The first-order chi connectivity index (χ1) is 12.1. The summed E-state index contributed by atoms with van der Waals surface area (Å²) < 4.78 is 0. The van der Waals surface area contributed by atoms with Gasteiger partial charge in [-0.2, -0.15) is 0 Å². The molecule has 0 bridgehead atoms. The molecule has 1 aromatic carbocycles. The number of aryl methyl sites for hydroxylation is 1. The fourth-order valence-corrected chi connectivity index (χ4v) is 3.76. The maximum Gasteiger partial charge on any atom is 0.263 e. The molecule has 2 aromatic heterocycles. The number of carbonyl (C=O) groups excluding carboxylic acids is 2. The predicted octanol–water partition coefficient (Wildman–Crippen LogP) is 2.87. The highest BCUT2D eigenvalue weighted by molar-refractivity contribution is 7.14. The second-order valence-electron chi connectivity index (χ2n) is 5.25. The average molecular weight is 372 g/mol. The van der Waals surface area contributed by atoms with E-state index < -0.39 is 0 Å². The largest absolute Gasteiger partial charge is 0.342 e. The predicted molar refractivity (Wildman–Crippen MR) is 99.2 cm³/mol. The minimum atomic E-state index is -0.310. The summed E-state index contributed by atoms with van der Waals surface area (Å²) in [5.41, 5.74) is 1.82. The summed E-state index contributed by atoms with van der Waals surface area (Å²) in [5.74, 6) is -0.599. The van der Waals surface area contributed by atoms with Crippen LogP contribution in [0.4, 0.5) is 5.13 Å². The van der Waals surface area contributed by atoms with Crippen molar-refractivity contribution in [1.82, 2.24) is 15.3 Å². The molecule has 2 N–H and O–H groups in total. The van der Waals surface area contributed by atoms with E-state index in [-0.39, 0.29) is 18.4 Å². The molecule has 0 fully saturated rings. The Bertz CT molecular complexity index is 860. The van der Waals surface area contributed by atoms with E-state index in [2.05, 4.69) is 20.6 Å². The second kappa shape index (κ2) is 8.00. The second-order valence-corrected chi connectivity index (χ2v) is 7.23. The molecule has 0 atom stereocenters. The molecule has 2 amide bonds. The Labute approximate surface area is 153 Å². The molecule has 3 aromatic rings. The molecule has 2 heterocycles. The van der Waals surface area contributed by atoms with Crippen LogP contribution in [0.3, 0.4) is 0 Å². The van der Waals surface area contributed by atoms with Gasteiger partial charge in [-0.1, -0.05) is 30.3 Å². The van der Waals surface area contributed by atoms with Crippen molar-refractivity contribution in [3.8, 4) is 0 Å². The minimum Gasteiger partial charge on any atom is -0.342 e. The Morgan fingerprint density at radius 3 is 2.72 bits per heavy atom. The molecular formula is C17H16N4O2S2. The minimum absolute atomic E-state index is 0.107. The zero-order valence-corrected chi connectivity index (χ0v) is 15.1. The van der Waals surface area contributed by atoms with Gasteiger partial charge in [0.15, 0.2) is 5.13 Å². The van der Waals surface area contributed by atoms with Gasteiger partial charge in [-0.05, 0) is 12.5 Å². The van der Waals surface area contributed by atoms with Gasteiger partial charge in [0.1, 0.15) is 4.88 Å². The van der Waals surface area contributed by atoms with Crippen molar-refractivity contribution >= 4 is 39.6 Å². The third kappa shape index (κ3) is 4.71. The van der Waals surface area contributed by atoms with Crippen LogP contribution in [0.2, 0.25) is 0 Å². The van der Waals surface area contributed by atoms with Gasteiger partial charge in [0.25, 0.3) is 5.91 Å². The molecular weight excluding hydrogens is 356 g/mol. The normalized spacial score (nSPS) is 10.4. The Morgan fingerprint density at radius 2 is 2.00 bits per heavy atom. The van der Waals surface area contributed by atoms with E-state index >= 15 is 0 Å². The van der Waals surface area contributed by atoms with E-state index in [0.717, 1.165) is 10.6 Å². The quantitative estimate of drug-likeness (QED) is 0.697. The lowest BCUT2D eigenvalue weighted by Gasteiger charge is -2.03. The first-order valence-corrected chi connectivity index (χ1v) is 9.29. The van der Waals surface area contributed by atoms with Crippen molar-refractivity contribution in [2.45, 2.75) is 13.3 Å². The fourth-order valence-electron chi connectivity index (χ4n) is 2.20. The SMILES string of the molecule is Cc1nc(Cc2ccccc2)sc1C(=O)NCC(=O)Nc1nccs1. The van der Waals surface area contributed by atoms with Gasteiger partial charge < -0.3 is 10.6 Å². The van der Waals surface area contributed by atoms with Crippen LogP contribution in [0.25, 0.3) is 0 Å². The smallest absolute Gasteiger partial charge is 0.263 e. The molecule has 3 rings (SSSR count). The molecule has 0 saturated carbocycles.